The smallest absolute Gasteiger partial charge is 0.277 e. The number of hydrogen-bond donors (Lipinski definition) is 0. The minimum atomic E-state index is -0.0745. The summed E-state index contributed by atoms with van der Waals surface area (Å²) in [5.41, 5.74) is 2.28. The molecule has 0 fully saturated rings. The van der Waals surface area contributed by atoms with Crippen LogP contribution in [0.25, 0.3) is 16.4 Å². The summed E-state index contributed by atoms with van der Waals surface area (Å²) in [6.07, 6.45) is 1.58. The third-order valence-corrected chi connectivity index (χ3v) is 5.26. The number of furan rings is 1. The second-order valence-electron chi connectivity index (χ2n) is 5.13. The van der Waals surface area contributed by atoms with Crippen LogP contribution in [0.15, 0.2) is 42.6 Å². The first-order chi connectivity index (χ1) is 11.6. The molecule has 0 bridgehead atoms. The molecule has 0 saturated carbocycles. The molecule has 0 aromatic carbocycles. The average molecular weight is 360 g/mol. The number of aromatic nitrogens is 4. The lowest BCUT2D eigenvalue weighted by molar-refractivity contribution is 0.463. The Morgan fingerprint density at radius 3 is 3.00 bits per heavy atom. The normalized spacial score (nSPS) is 11.4. The van der Waals surface area contributed by atoms with Crippen LogP contribution in [0, 0.1) is 13.8 Å². The van der Waals surface area contributed by atoms with Crippen molar-refractivity contribution < 1.29 is 8.83 Å². The monoisotopic (exact) mass is 360 g/mol. The van der Waals surface area contributed by atoms with Crippen molar-refractivity contribution in [2.45, 2.75) is 24.8 Å². The SMILES string of the molecule is Cc1occc1-c1nnc(SCc2cc(=O)n3c(C)csc3n2)o1. The number of hydrogen-bond acceptors (Lipinski definition) is 8. The lowest BCUT2D eigenvalue weighted by Crippen LogP contribution is -2.14. The highest BCUT2D eigenvalue weighted by Gasteiger charge is 2.14. The first kappa shape index (κ1) is 15.2. The van der Waals surface area contributed by atoms with E-state index in [1.54, 1.807) is 16.7 Å². The van der Waals surface area contributed by atoms with Gasteiger partial charge in [0.15, 0.2) is 4.96 Å². The summed E-state index contributed by atoms with van der Waals surface area (Å²) < 4.78 is 12.5. The molecule has 0 radical (unpaired) electrons. The maximum Gasteiger partial charge on any atom is 0.277 e. The van der Waals surface area contributed by atoms with Crippen molar-refractivity contribution in [1.82, 2.24) is 19.6 Å². The fourth-order valence-electron chi connectivity index (χ4n) is 2.29. The highest BCUT2D eigenvalue weighted by atomic mass is 32.2. The van der Waals surface area contributed by atoms with E-state index in [1.807, 2.05) is 19.2 Å². The Labute approximate surface area is 144 Å². The Hall–Kier alpha value is -2.39. The maximum atomic E-state index is 12.1. The lowest BCUT2D eigenvalue weighted by atomic mass is 10.3. The molecule has 0 aliphatic rings. The summed E-state index contributed by atoms with van der Waals surface area (Å²) in [7, 11) is 0. The quantitative estimate of drug-likeness (QED) is 0.516. The molecular weight excluding hydrogens is 348 g/mol. The molecule has 0 saturated heterocycles. The lowest BCUT2D eigenvalue weighted by Gasteiger charge is -1.99. The molecule has 0 spiro atoms. The van der Waals surface area contributed by atoms with E-state index in [1.165, 1.54) is 29.2 Å². The van der Waals surface area contributed by atoms with Gasteiger partial charge in [-0.2, -0.15) is 0 Å². The minimum Gasteiger partial charge on any atom is -0.469 e. The summed E-state index contributed by atoms with van der Waals surface area (Å²) in [4.78, 5) is 17.3. The Bertz CT molecular complexity index is 1080. The standard InChI is InChI=1S/C15H12N4O3S2/c1-8-6-23-14-16-10(5-12(20)19(8)14)7-24-15-18-17-13(22-15)11-3-4-21-9(11)2/h3-6H,7H2,1-2H3. The third kappa shape index (κ3) is 2.65. The van der Waals surface area contributed by atoms with Crippen molar-refractivity contribution >= 4 is 28.1 Å². The van der Waals surface area contributed by atoms with Gasteiger partial charge in [0.05, 0.1) is 17.5 Å². The number of thiazole rings is 1. The van der Waals surface area contributed by atoms with Crippen molar-refractivity contribution in [1.29, 1.82) is 0 Å². The van der Waals surface area contributed by atoms with Crippen LogP contribution in [0.3, 0.4) is 0 Å². The molecule has 122 valence electrons. The highest BCUT2D eigenvalue weighted by Crippen LogP contribution is 2.27. The maximum absolute atomic E-state index is 12.1. The van der Waals surface area contributed by atoms with Crippen molar-refractivity contribution in [2.75, 3.05) is 0 Å². The zero-order chi connectivity index (χ0) is 16.7. The van der Waals surface area contributed by atoms with Crippen LogP contribution >= 0.6 is 23.1 Å². The van der Waals surface area contributed by atoms with E-state index in [9.17, 15) is 4.79 Å². The molecule has 4 aromatic heterocycles. The van der Waals surface area contributed by atoms with Gasteiger partial charge in [-0.05, 0) is 19.9 Å². The van der Waals surface area contributed by atoms with E-state index in [0.717, 1.165) is 17.0 Å². The largest absolute Gasteiger partial charge is 0.469 e. The van der Waals surface area contributed by atoms with E-state index >= 15 is 0 Å². The third-order valence-electron chi connectivity index (χ3n) is 3.47. The first-order valence-corrected chi connectivity index (χ1v) is 8.96. The van der Waals surface area contributed by atoms with E-state index in [2.05, 4.69) is 15.2 Å². The molecule has 4 rings (SSSR count). The number of nitrogens with zero attached hydrogens (tertiary/aromatic N) is 4. The Kier molecular flexibility index (Phi) is 3.73. The fraction of sp³-hybridized carbons (Fsp3) is 0.200. The van der Waals surface area contributed by atoms with Gasteiger partial charge in [-0.1, -0.05) is 11.8 Å². The van der Waals surface area contributed by atoms with Gasteiger partial charge in [-0.3, -0.25) is 9.20 Å². The number of fused-ring (bicyclic) bond motifs is 1. The van der Waals surface area contributed by atoms with E-state index in [0.29, 0.717) is 27.5 Å². The molecule has 4 heterocycles. The summed E-state index contributed by atoms with van der Waals surface area (Å²) >= 11 is 2.79. The molecule has 0 aliphatic heterocycles. The van der Waals surface area contributed by atoms with Gasteiger partial charge >= 0.3 is 0 Å². The Balaban J connectivity index is 1.54. The van der Waals surface area contributed by atoms with Gasteiger partial charge in [0.25, 0.3) is 16.7 Å². The summed E-state index contributed by atoms with van der Waals surface area (Å²) in [6, 6.07) is 3.32. The topological polar surface area (TPSA) is 86.4 Å². The second-order valence-corrected chi connectivity index (χ2v) is 6.90. The van der Waals surface area contributed by atoms with Gasteiger partial charge in [0.1, 0.15) is 5.76 Å². The van der Waals surface area contributed by atoms with Crippen molar-refractivity contribution in [3.05, 3.63) is 51.3 Å². The van der Waals surface area contributed by atoms with Crippen LogP contribution in [-0.4, -0.2) is 19.6 Å². The van der Waals surface area contributed by atoms with Gasteiger partial charge in [0.2, 0.25) is 0 Å². The van der Waals surface area contributed by atoms with Crippen LogP contribution in [0.1, 0.15) is 17.1 Å². The average Bonchev–Trinajstić information content (AvgIpc) is 3.26. The Morgan fingerprint density at radius 1 is 1.33 bits per heavy atom. The molecule has 0 N–H and O–H groups in total. The van der Waals surface area contributed by atoms with Gasteiger partial charge in [-0.25, -0.2) is 4.98 Å². The second kappa shape index (κ2) is 5.91. The molecule has 7 nitrogen and oxygen atoms in total. The summed E-state index contributed by atoms with van der Waals surface area (Å²) in [5.74, 6) is 1.62. The van der Waals surface area contributed by atoms with E-state index < -0.39 is 0 Å². The molecule has 0 aliphatic carbocycles. The molecule has 9 heteroatoms. The van der Waals surface area contributed by atoms with Crippen LogP contribution in [0.2, 0.25) is 0 Å². The number of thioether (sulfide) groups is 1. The summed E-state index contributed by atoms with van der Waals surface area (Å²) in [6.45, 7) is 3.72. The van der Waals surface area contributed by atoms with Gasteiger partial charge in [0, 0.05) is 22.9 Å². The van der Waals surface area contributed by atoms with Gasteiger partial charge in [-0.15, -0.1) is 21.5 Å². The molecule has 0 atom stereocenters. The van der Waals surface area contributed by atoms with Crippen LogP contribution in [-0.2, 0) is 5.75 Å². The molecule has 0 amide bonds. The molecular formula is C15H12N4O3S2. The van der Waals surface area contributed by atoms with Crippen LogP contribution in [0.5, 0.6) is 0 Å². The predicted molar refractivity (Wildman–Crippen MR) is 90.4 cm³/mol. The van der Waals surface area contributed by atoms with Crippen LogP contribution in [0.4, 0.5) is 0 Å². The van der Waals surface area contributed by atoms with Gasteiger partial charge < -0.3 is 8.83 Å². The van der Waals surface area contributed by atoms with E-state index in [-0.39, 0.29) is 5.56 Å². The molecule has 4 aromatic rings. The number of aryl methyl sites for hydroxylation is 2. The minimum absolute atomic E-state index is 0.0745. The molecule has 0 unspecified atom stereocenters. The predicted octanol–water partition coefficient (Wildman–Crippen LogP) is 3.31. The van der Waals surface area contributed by atoms with Crippen molar-refractivity contribution in [3.8, 4) is 11.5 Å². The van der Waals surface area contributed by atoms with Crippen molar-refractivity contribution in [3.63, 3.8) is 0 Å². The Morgan fingerprint density at radius 2 is 2.21 bits per heavy atom. The van der Waals surface area contributed by atoms with E-state index in [4.69, 9.17) is 8.83 Å². The zero-order valence-corrected chi connectivity index (χ0v) is 14.5. The van der Waals surface area contributed by atoms with Crippen molar-refractivity contribution in [2.24, 2.45) is 0 Å². The fourth-order valence-corrected chi connectivity index (χ4v) is 3.84. The molecule has 24 heavy (non-hydrogen) atoms. The first-order valence-electron chi connectivity index (χ1n) is 7.09. The highest BCUT2D eigenvalue weighted by molar-refractivity contribution is 7.98. The zero-order valence-electron chi connectivity index (χ0n) is 12.8. The summed E-state index contributed by atoms with van der Waals surface area (Å²) in [5, 5.41) is 10.4. The number of rotatable bonds is 4. The van der Waals surface area contributed by atoms with Crippen LogP contribution < -0.4 is 5.56 Å².